The van der Waals surface area contributed by atoms with Crippen LogP contribution in [0.3, 0.4) is 0 Å². The number of likely N-dealkylation sites (tertiary alicyclic amines) is 1. The predicted molar refractivity (Wildman–Crippen MR) is 84.3 cm³/mol. The number of nitrogens with one attached hydrogen (secondary N) is 1. The van der Waals surface area contributed by atoms with E-state index in [9.17, 15) is 9.59 Å². The molecule has 0 radical (unpaired) electrons. The van der Waals surface area contributed by atoms with E-state index in [1.807, 2.05) is 30.3 Å². The Hall–Kier alpha value is -1.92. The van der Waals surface area contributed by atoms with E-state index in [1.54, 1.807) is 11.8 Å². The molecule has 1 aliphatic heterocycles. The maximum absolute atomic E-state index is 12.1. The molecule has 1 aromatic rings. The molecule has 0 aliphatic carbocycles. The molecular weight excluding hydrogens is 282 g/mol. The Bertz CT molecular complexity index is 507. The van der Waals surface area contributed by atoms with Crippen molar-refractivity contribution in [3.8, 4) is 0 Å². The fourth-order valence-corrected chi connectivity index (χ4v) is 2.52. The highest BCUT2D eigenvalue weighted by Crippen LogP contribution is 2.16. The first kappa shape index (κ1) is 16.5. The van der Waals surface area contributed by atoms with Crippen LogP contribution in [0.25, 0.3) is 0 Å². The van der Waals surface area contributed by atoms with Crippen LogP contribution >= 0.6 is 0 Å². The molecule has 3 N–H and O–H groups in total. The van der Waals surface area contributed by atoms with E-state index in [-0.39, 0.29) is 24.5 Å². The zero-order valence-electron chi connectivity index (χ0n) is 12.8. The van der Waals surface area contributed by atoms with Crippen LogP contribution in [0.1, 0.15) is 19.8 Å². The second kappa shape index (κ2) is 7.91. The molecule has 0 saturated carbocycles. The first-order valence-electron chi connectivity index (χ1n) is 7.59. The number of hydrogen-bond acceptors (Lipinski definition) is 4. The number of carbonyl (C=O) groups excluding carboxylic acids is 2. The second-order valence-electron chi connectivity index (χ2n) is 5.44. The summed E-state index contributed by atoms with van der Waals surface area (Å²) < 4.78 is 5.80. The van der Waals surface area contributed by atoms with Crippen LogP contribution in [0.5, 0.6) is 0 Å². The molecule has 2 amide bonds. The molecule has 1 aromatic carbocycles. The molecule has 2 rings (SSSR count). The zero-order valence-corrected chi connectivity index (χ0v) is 12.8. The molecule has 1 fully saturated rings. The summed E-state index contributed by atoms with van der Waals surface area (Å²) in [6, 6.07) is 9.26. The first-order chi connectivity index (χ1) is 10.6. The average Bonchev–Trinajstić information content (AvgIpc) is 2.55. The Morgan fingerprint density at radius 1 is 1.41 bits per heavy atom. The van der Waals surface area contributed by atoms with E-state index in [0.717, 1.165) is 18.5 Å². The number of carbonyl (C=O) groups is 2. The molecule has 1 aliphatic rings. The van der Waals surface area contributed by atoms with Crippen LogP contribution in [0, 0.1) is 0 Å². The van der Waals surface area contributed by atoms with E-state index >= 15 is 0 Å². The van der Waals surface area contributed by atoms with Crippen molar-refractivity contribution in [3.05, 3.63) is 30.3 Å². The standard InChI is InChI=1S/C16H23N3O3/c1-12(16(21)18-13-6-3-2-4-7-13)22-14-8-5-9-19(11-14)15(20)10-17/h2-4,6-7,12,14H,5,8-11,17H2,1H3,(H,18,21). The van der Waals surface area contributed by atoms with Crippen molar-refractivity contribution in [1.82, 2.24) is 4.90 Å². The minimum absolute atomic E-state index is 0.0107. The number of nitrogens with zero attached hydrogens (tertiary/aromatic N) is 1. The summed E-state index contributed by atoms with van der Waals surface area (Å²) in [5.41, 5.74) is 6.13. The molecule has 2 unspecified atom stereocenters. The fraction of sp³-hybridized carbons (Fsp3) is 0.500. The van der Waals surface area contributed by atoms with Gasteiger partial charge in [0.2, 0.25) is 5.91 Å². The van der Waals surface area contributed by atoms with Crippen molar-refractivity contribution < 1.29 is 14.3 Å². The van der Waals surface area contributed by atoms with Gasteiger partial charge in [0.15, 0.2) is 0 Å². The highest BCUT2D eigenvalue weighted by atomic mass is 16.5. The minimum atomic E-state index is -0.571. The van der Waals surface area contributed by atoms with Gasteiger partial charge in [-0.3, -0.25) is 9.59 Å². The molecule has 6 heteroatoms. The van der Waals surface area contributed by atoms with Crippen molar-refractivity contribution in [2.24, 2.45) is 5.73 Å². The SMILES string of the molecule is CC(OC1CCCN(C(=O)CN)C1)C(=O)Nc1ccccc1. The lowest BCUT2D eigenvalue weighted by molar-refractivity contribution is -0.139. The Morgan fingerprint density at radius 2 is 2.14 bits per heavy atom. The van der Waals surface area contributed by atoms with E-state index in [1.165, 1.54) is 0 Å². The summed E-state index contributed by atoms with van der Waals surface area (Å²) in [5, 5.41) is 2.81. The molecule has 0 bridgehead atoms. The van der Waals surface area contributed by atoms with Crippen LogP contribution in [-0.2, 0) is 14.3 Å². The largest absolute Gasteiger partial charge is 0.364 e. The summed E-state index contributed by atoms with van der Waals surface area (Å²) in [6.07, 6.45) is 1.01. The fourth-order valence-electron chi connectivity index (χ4n) is 2.52. The quantitative estimate of drug-likeness (QED) is 0.849. The minimum Gasteiger partial charge on any atom is -0.364 e. The van der Waals surface area contributed by atoms with Crippen LogP contribution in [0.15, 0.2) is 30.3 Å². The van der Waals surface area contributed by atoms with Crippen molar-refractivity contribution in [1.29, 1.82) is 0 Å². The maximum atomic E-state index is 12.1. The summed E-state index contributed by atoms with van der Waals surface area (Å²) in [4.78, 5) is 25.5. The van der Waals surface area contributed by atoms with E-state index in [2.05, 4.69) is 5.32 Å². The van der Waals surface area contributed by atoms with Gasteiger partial charge in [-0.1, -0.05) is 18.2 Å². The highest BCUT2D eigenvalue weighted by Gasteiger charge is 2.26. The third-order valence-electron chi connectivity index (χ3n) is 3.71. The number of benzene rings is 1. The lowest BCUT2D eigenvalue weighted by Gasteiger charge is -2.33. The number of rotatable bonds is 5. The van der Waals surface area contributed by atoms with Gasteiger partial charge in [0.1, 0.15) is 6.10 Å². The lowest BCUT2D eigenvalue weighted by atomic mass is 10.1. The van der Waals surface area contributed by atoms with E-state index in [0.29, 0.717) is 13.1 Å². The van der Waals surface area contributed by atoms with Gasteiger partial charge in [-0.2, -0.15) is 0 Å². The normalized spacial score (nSPS) is 19.5. The summed E-state index contributed by atoms with van der Waals surface area (Å²) in [6.45, 7) is 2.94. The van der Waals surface area contributed by atoms with Gasteiger partial charge < -0.3 is 20.7 Å². The van der Waals surface area contributed by atoms with Crippen molar-refractivity contribution in [3.63, 3.8) is 0 Å². The van der Waals surface area contributed by atoms with Crippen LogP contribution in [0.4, 0.5) is 5.69 Å². The van der Waals surface area contributed by atoms with Crippen molar-refractivity contribution >= 4 is 17.5 Å². The van der Waals surface area contributed by atoms with Gasteiger partial charge in [0, 0.05) is 18.8 Å². The summed E-state index contributed by atoms with van der Waals surface area (Å²) >= 11 is 0. The number of para-hydroxylation sites is 1. The summed E-state index contributed by atoms with van der Waals surface area (Å²) in [5.74, 6) is -0.261. The van der Waals surface area contributed by atoms with Gasteiger partial charge in [-0.25, -0.2) is 0 Å². The predicted octanol–water partition coefficient (Wildman–Crippen LogP) is 0.980. The molecule has 2 atom stereocenters. The maximum Gasteiger partial charge on any atom is 0.253 e. The van der Waals surface area contributed by atoms with Gasteiger partial charge in [0.05, 0.1) is 12.6 Å². The zero-order chi connectivity index (χ0) is 15.9. The Kier molecular flexibility index (Phi) is 5.91. The first-order valence-corrected chi connectivity index (χ1v) is 7.59. The number of amides is 2. The molecule has 120 valence electrons. The second-order valence-corrected chi connectivity index (χ2v) is 5.44. The number of ether oxygens (including phenoxy) is 1. The Morgan fingerprint density at radius 3 is 2.82 bits per heavy atom. The number of piperidine rings is 1. The highest BCUT2D eigenvalue weighted by molar-refractivity contribution is 5.93. The van der Waals surface area contributed by atoms with Crippen molar-refractivity contribution in [2.45, 2.75) is 32.0 Å². The van der Waals surface area contributed by atoms with Gasteiger partial charge >= 0.3 is 0 Å². The smallest absolute Gasteiger partial charge is 0.253 e. The number of anilines is 1. The molecule has 22 heavy (non-hydrogen) atoms. The van der Waals surface area contributed by atoms with Crippen LogP contribution in [0.2, 0.25) is 0 Å². The summed E-state index contributed by atoms with van der Waals surface area (Å²) in [7, 11) is 0. The topological polar surface area (TPSA) is 84.7 Å². The lowest BCUT2D eigenvalue weighted by Crippen LogP contribution is -2.47. The van der Waals surface area contributed by atoms with Gasteiger partial charge in [-0.05, 0) is 31.9 Å². The monoisotopic (exact) mass is 305 g/mol. The van der Waals surface area contributed by atoms with Crippen LogP contribution in [-0.4, -0.2) is 48.6 Å². The van der Waals surface area contributed by atoms with Crippen molar-refractivity contribution in [2.75, 3.05) is 25.0 Å². The third kappa shape index (κ3) is 4.54. The number of nitrogens with two attached hydrogens (primary N) is 1. The molecule has 0 spiro atoms. The van der Waals surface area contributed by atoms with E-state index < -0.39 is 6.10 Å². The van der Waals surface area contributed by atoms with E-state index in [4.69, 9.17) is 10.5 Å². The van der Waals surface area contributed by atoms with Crippen LogP contribution < -0.4 is 11.1 Å². The molecule has 6 nitrogen and oxygen atoms in total. The molecule has 1 saturated heterocycles. The van der Waals surface area contributed by atoms with Gasteiger partial charge in [-0.15, -0.1) is 0 Å². The molecular formula is C16H23N3O3. The molecule has 1 heterocycles. The third-order valence-corrected chi connectivity index (χ3v) is 3.71. The molecule has 0 aromatic heterocycles. The Labute approximate surface area is 130 Å². The van der Waals surface area contributed by atoms with Gasteiger partial charge in [0.25, 0.3) is 5.91 Å². The Balaban J connectivity index is 1.84. The number of hydrogen-bond donors (Lipinski definition) is 2. The average molecular weight is 305 g/mol.